The average Bonchev–Trinajstić information content (AvgIpc) is 3.36. The zero-order valence-electron chi connectivity index (χ0n) is 17.9. The highest BCUT2D eigenvalue weighted by Crippen LogP contribution is 2.26. The zero-order chi connectivity index (χ0) is 22.6. The molecule has 0 radical (unpaired) electrons. The average molecular weight is 459 g/mol. The Morgan fingerprint density at radius 2 is 1.73 bits per heavy atom. The number of hydrogen-bond donors (Lipinski definition) is 1. The standard InChI is InChI=1S/C25H23ClN6O/c26-20-10-4-5-11-21(20)28-25(33)19-9-6-15-31(17-19)22-12-13-23(30-29-22)32-16-14-27-24(32)18-7-2-1-3-8-18/h1-5,7-8,10-14,16,19H,6,9,15,17H2,(H,28,33). The maximum absolute atomic E-state index is 12.8. The summed E-state index contributed by atoms with van der Waals surface area (Å²) in [5.41, 5.74) is 1.65. The second-order valence-corrected chi connectivity index (χ2v) is 8.40. The van der Waals surface area contributed by atoms with Gasteiger partial charge in [0.2, 0.25) is 5.91 Å². The Labute approximate surface area is 197 Å². The Hall–Kier alpha value is -3.71. The van der Waals surface area contributed by atoms with Gasteiger partial charge >= 0.3 is 0 Å². The van der Waals surface area contributed by atoms with E-state index in [4.69, 9.17) is 11.6 Å². The van der Waals surface area contributed by atoms with Gasteiger partial charge in [0.15, 0.2) is 11.6 Å². The van der Waals surface area contributed by atoms with Gasteiger partial charge in [0, 0.05) is 31.0 Å². The van der Waals surface area contributed by atoms with Crippen molar-refractivity contribution in [2.24, 2.45) is 5.92 Å². The van der Waals surface area contributed by atoms with Gasteiger partial charge in [-0.05, 0) is 37.1 Å². The number of amides is 1. The number of imidazole rings is 1. The van der Waals surface area contributed by atoms with Gasteiger partial charge in [0.05, 0.1) is 16.6 Å². The van der Waals surface area contributed by atoms with E-state index >= 15 is 0 Å². The molecule has 0 saturated carbocycles. The smallest absolute Gasteiger partial charge is 0.229 e. The van der Waals surface area contributed by atoms with Crippen molar-refractivity contribution in [3.05, 3.63) is 84.1 Å². The Kier molecular flexibility index (Phi) is 6.04. The van der Waals surface area contributed by atoms with Crippen LogP contribution < -0.4 is 10.2 Å². The van der Waals surface area contributed by atoms with Crippen LogP contribution in [0.3, 0.4) is 0 Å². The van der Waals surface area contributed by atoms with Crippen LogP contribution in [-0.4, -0.2) is 38.7 Å². The quantitative estimate of drug-likeness (QED) is 0.463. The van der Waals surface area contributed by atoms with Crippen LogP contribution in [0, 0.1) is 5.92 Å². The highest BCUT2D eigenvalue weighted by atomic mass is 35.5. The number of hydrogen-bond acceptors (Lipinski definition) is 5. The van der Waals surface area contributed by atoms with Gasteiger partial charge in [-0.1, -0.05) is 54.1 Å². The van der Waals surface area contributed by atoms with Crippen LogP contribution in [0.1, 0.15) is 12.8 Å². The van der Waals surface area contributed by atoms with Crippen LogP contribution in [0.4, 0.5) is 11.5 Å². The fraction of sp³-hybridized carbons (Fsp3) is 0.200. The predicted molar refractivity (Wildman–Crippen MR) is 130 cm³/mol. The molecule has 1 unspecified atom stereocenters. The van der Waals surface area contributed by atoms with Crippen LogP contribution in [0.2, 0.25) is 5.02 Å². The number of anilines is 2. The lowest BCUT2D eigenvalue weighted by Crippen LogP contribution is -2.41. The first-order chi connectivity index (χ1) is 16.2. The fourth-order valence-electron chi connectivity index (χ4n) is 4.10. The molecule has 166 valence electrons. The molecule has 3 heterocycles. The minimum absolute atomic E-state index is 0.0247. The Bertz CT molecular complexity index is 1240. The topological polar surface area (TPSA) is 75.9 Å². The number of aromatic nitrogens is 4. The van der Waals surface area contributed by atoms with Gasteiger partial charge in [0.25, 0.3) is 0 Å². The van der Waals surface area contributed by atoms with Crippen molar-refractivity contribution in [1.82, 2.24) is 19.7 Å². The van der Waals surface area contributed by atoms with E-state index in [0.717, 1.165) is 36.6 Å². The first-order valence-corrected chi connectivity index (χ1v) is 11.3. The number of nitrogens with zero attached hydrogens (tertiary/aromatic N) is 5. The number of piperidine rings is 1. The molecule has 8 heteroatoms. The van der Waals surface area contributed by atoms with Crippen LogP contribution in [0.25, 0.3) is 17.2 Å². The van der Waals surface area contributed by atoms with Crippen molar-refractivity contribution >= 4 is 29.0 Å². The van der Waals surface area contributed by atoms with Crippen molar-refractivity contribution in [3.63, 3.8) is 0 Å². The normalized spacial score (nSPS) is 15.9. The van der Waals surface area contributed by atoms with Crippen molar-refractivity contribution in [2.45, 2.75) is 12.8 Å². The Morgan fingerprint density at radius 3 is 2.52 bits per heavy atom. The molecule has 2 aromatic carbocycles. The van der Waals surface area contributed by atoms with Gasteiger partial charge in [0.1, 0.15) is 5.82 Å². The van der Waals surface area contributed by atoms with Crippen LogP contribution in [0.5, 0.6) is 0 Å². The summed E-state index contributed by atoms with van der Waals surface area (Å²) in [4.78, 5) is 19.4. The lowest BCUT2D eigenvalue weighted by Gasteiger charge is -2.32. The first kappa shape index (κ1) is 21.2. The molecule has 1 amide bonds. The molecule has 4 aromatic rings. The third-order valence-corrected chi connectivity index (χ3v) is 6.13. The third kappa shape index (κ3) is 4.59. The fourth-order valence-corrected chi connectivity index (χ4v) is 4.28. The molecule has 1 aliphatic heterocycles. The summed E-state index contributed by atoms with van der Waals surface area (Å²) in [6, 6.07) is 21.1. The molecule has 1 aliphatic rings. The minimum Gasteiger partial charge on any atom is -0.354 e. The Balaban J connectivity index is 1.29. The summed E-state index contributed by atoms with van der Waals surface area (Å²) in [6.45, 7) is 1.43. The van der Waals surface area contributed by atoms with Crippen molar-refractivity contribution in [2.75, 3.05) is 23.3 Å². The zero-order valence-corrected chi connectivity index (χ0v) is 18.7. The summed E-state index contributed by atoms with van der Waals surface area (Å²) in [6.07, 6.45) is 5.37. The minimum atomic E-state index is -0.144. The van der Waals surface area contributed by atoms with E-state index in [-0.39, 0.29) is 11.8 Å². The monoisotopic (exact) mass is 458 g/mol. The lowest BCUT2D eigenvalue weighted by atomic mass is 9.97. The number of carbonyl (C=O) groups excluding carboxylic acids is 1. The second-order valence-electron chi connectivity index (χ2n) is 7.99. The van der Waals surface area contributed by atoms with Gasteiger partial charge < -0.3 is 10.2 Å². The Morgan fingerprint density at radius 1 is 0.970 bits per heavy atom. The molecule has 0 bridgehead atoms. The molecule has 7 nitrogen and oxygen atoms in total. The summed E-state index contributed by atoms with van der Waals surface area (Å²) in [5.74, 6) is 2.10. The predicted octanol–water partition coefficient (Wildman–Crippen LogP) is 4.84. The molecule has 33 heavy (non-hydrogen) atoms. The van der Waals surface area contributed by atoms with E-state index in [1.165, 1.54) is 0 Å². The maximum atomic E-state index is 12.8. The number of rotatable bonds is 5. The number of para-hydroxylation sites is 1. The summed E-state index contributed by atoms with van der Waals surface area (Å²) in [7, 11) is 0. The third-order valence-electron chi connectivity index (χ3n) is 5.80. The van der Waals surface area contributed by atoms with Gasteiger partial charge in [-0.25, -0.2) is 4.98 Å². The van der Waals surface area contributed by atoms with E-state index in [1.54, 1.807) is 12.3 Å². The summed E-state index contributed by atoms with van der Waals surface area (Å²) < 4.78 is 1.92. The van der Waals surface area contributed by atoms with Gasteiger partial charge in [-0.3, -0.25) is 9.36 Å². The van der Waals surface area contributed by atoms with Crippen molar-refractivity contribution < 1.29 is 4.79 Å². The first-order valence-electron chi connectivity index (χ1n) is 10.9. The molecular formula is C25H23ClN6O. The van der Waals surface area contributed by atoms with Crippen molar-refractivity contribution in [3.8, 4) is 17.2 Å². The molecule has 0 aliphatic carbocycles. The van der Waals surface area contributed by atoms with E-state index in [9.17, 15) is 4.79 Å². The van der Waals surface area contributed by atoms with Crippen LogP contribution in [0.15, 0.2) is 79.1 Å². The number of nitrogens with one attached hydrogen (secondary N) is 1. The van der Waals surface area contributed by atoms with E-state index in [0.29, 0.717) is 23.1 Å². The molecule has 5 rings (SSSR count). The van der Waals surface area contributed by atoms with E-state index < -0.39 is 0 Å². The SMILES string of the molecule is O=C(Nc1ccccc1Cl)C1CCCN(c2ccc(-n3ccnc3-c3ccccc3)nn2)C1. The number of carbonyl (C=O) groups is 1. The van der Waals surface area contributed by atoms with Crippen molar-refractivity contribution in [1.29, 1.82) is 0 Å². The molecule has 1 N–H and O–H groups in total. The summed E-state index contributed by atoms with van der Waals surface area (Å²) >= 11 is 6.19. The highest BCUT2D eigenvalue weighted by molar-refractivity contribution is 6.33. The lowest BCUT2D eigenvalue weighted by molar-refractivity contribution is -0.120. The van der Waals surface area contributed by atoms with Gasteiger partial charge in [-0.15, -0.1) is 10.2 Å². The van der Waals surface area contributed by atoms with Gasteiger partial charge in [-0.2, -0.15) is 0 Å². The summed E-state index contributed by atoms with van der Waals surface area (Å²) in [5, 5.41) is 12.4. The number of benzene rings is 2. The molecule has 2 aromatic heterocycles. The van der Waals surface area contributed by atoms with Crippen LogP contribution >= 0.6 is 11.6 Å². The van der Waals surface area contributed by atoms with Crippen LogP contribution in [-0.2, 0) is 4.79 Å². The highest BCUT2D eigenvalue weighted by Gasteiger charge is 2.27. The van der Waals surface area contributed by atoms with E-state index in [1.807, 2.05) is 71.4 Å². The second kappa shape index (κ2) is 9.42. The van der Waals surface area contributed by atoms with E-state index in [2.05, 4.69) is 25.4 Å². The molecular weight excluding hydrogens is 436 g/mol. The number of halogens is 1. The molecule has 1 fully saturated rings. The molecule has 0 spiro atoms. The maximum Gasteiger partial charge on any atom is 0.229 e. The largest absolute Gasteiger partial charge is 0.354 e. The molecule has 1 atom stereocenters. The molecule has 1 saturated heterocycles.